The van der Waals surface area contributed by atoms with Crippen LogP contribution in [-0.2, 0) is 10.3 Å². The highest BCUT2D eigenvalue weighted by Crippen LogP contribution is 2.32. The third-order valence-corrected chi connectivity index (χ3v) is 4.05. The molecule has 0 aliphatic heterocycles. The second-order valence-electron chi connectivity index (χ2n) is 3.74. The van der Waals surface area contributed by atoms with Gasteiger partial charge < -0.3 is 9.26 Å². The van der Waals surface area contributed by atoms with Gasteiger partial charge in [0.05, 0.1) is 4.83 Å². The summed E-state index contributed by atoms with van der Waals surface area (Å²) in [5, 5.41) is 4.03. The monoisotopic (exact) mass is 290 g/mol. The number of halogens is 1. The summed E-state index contributed by atoms with van der Waals surface area (Å²) in [7, 11) is 1.69. The molecule has 4 nitrogen and oxygen atoms in total. The van der Waals surface area contributed by atoms with Gasteiger partial charge in [0.15, 0.2) is 0 Å². The molecule has 0 bridgehead atoms. The molecule has 1 heterocycles. The summed E-state index contributed by atoms with van der Waals surface area (Å²) in [4.78, 5) is 4.54. The van der Waals surface area contributed by atoms with E-state index in [0.717, 1.165) is 19.3 Å². The zero-order chi connectivity index (χ0) is 12.2. The minimum atomic E-state index is -0.414. The Labute approximate surface area is 105 Å². The lowest BCUT2D eigenvalue weighted by Gasteiger charge is -2.25. The first kappa shape index (κ1) is 13.6. The van der Waals surface area contributed by atoms with Crippen molar-refractivity contribution in [1.82, 2.24) is 10.1 Å². The first-order chi connectivity index (χ1) is 7.63. The van der Waals surface area contributed by atoms with Crippen molar-refractivity contribution in [2.75, 3.05) is 7.11 Å². The van der Waals surface area contributed by atoms with E-state index in [0.29, 0.717) is 11.7 Å². The molecule has 1 rings (SSSR count). The number of rotatable bonds is 6. The summed E-state index contributed by atoms with van der Waals surface area (Å²) in [6, 6.07) is 0. The molecule has 0 N–H and O–H groups in total. The highest BCUT2D eigenvalue weighted by atomic mass is 79.9. The van der Waals surface area contributed by atoms with Crippen molar-refractivity contribution in [3.63, 3.8) is 0 Å². The fourth-order valence-corrected chi connectivity index (χ4v) is 1.85. The predicted molar refractivity (Wildman–Crippen MR) is 65.5 cm³/mol. The summed E-state index contributed by atoms with van der Waals surface area (Å²) < 4.78 is 10.8. The van der Waals surface area contributed by atoms with Crippen molar-refractivity contribution in [3.8, 4) is 0 Å². The Balaban J connectivity index is 2.99. The number of hydrogen-bond donors (Lipinski definition) is 0. The molecule has 0 fully saturated rings. The normalized spacial score (nSPS) is 14.1. The van der Waals surface area contributed by atoms with Crippen LogP contribution in [0, 0.1) is 0 Å². The number of nitrogens with zero attached hydrogens (tertiary/aromatic N) is 2. The van der Waals surface area contributed by atoms with Crippen molar-refractivity contribution in [1.29, 1.82) is 0 Å². The lowest BCUT2D eigenvalue weighted by Crippen LogP contribution is -2.28. The molecule has 1 atom stereocenters. The van der Waals surface area contributed by atoms with Gasteiger partial charge in [0.2, 0.25) is 11.7 Å². The molecule has 16 heavy (non-hydrogen) atoms. The highest BCUT2D eigenvalue weighted by molar-refractivity contribution is 9.09. The Morgan fingerprint density at radius 3 is 2.44 bits per heavy atom. The molecule has 0 spiro atoms. The summed E-state index contributed by atoms with van der Waals surface area (Å²) in [6.45, 7) is 6.19. The quantitative estimate of drug-likeness (QED) is 0.752. The molecular weight excluding hydrogens is 272 g/mol. The Hall–Kier alpha value is -0.420. The number of ether oxygens (including phenoxy) is 1. The molecule has 0 saturated carbocycles. The van der Waals surface area contributed by atoms with E-state index in [4.69, 9.17) is 9.26 Å². The van der Waals surface area contributed by atoms with Crippen molar-refractivity contribution >= 4 is 15.9 Å². The average molecular weight is 291 g/mol. The third kappa shape index (κ3) is 2.46. The van der Waals surface area contributed by atoms with Crippen molar-refractivity contribution in [3.05, 3.63) is 11.7 Å². The minimum absolute atomic E-state index is 0.122. The number of alkyl halides is 1. The molecule has 1 aromatic heterocycles. The highest BCUT2D eigenvalue weighted by Gasteiger charge is 2.34. The number of aromatic nitrogens is 2. The summed E-state index contributed by atoms with van der Waals surface area (Å²) in [5.41, 5.74) is -0.414. The molecule has 92 valence electrons. The largest absolute Gasteiger partial charge is 0.370 e. The molecule has 0 saturated heterocycles. The second kappa shape index (κ2) is 5.77. The Morgan fingerprint density at radius 1 is 1.38 bits per heavy atom. The van der Waals surface area contributed by atoms with Gasteiger partial charge in [-0.05, 0) is 19.3 Å². The predicted octanol–water partition coefficient (Wildman–Crippen LogP) is 3.58. The first-order valence-corrected chi connectivity index (χ1v) is 6.58. The Morgan fingerprint density at radius 2 is 2.00 bits per heavy atom. The van der Waals surface area contributed by atoms with Gasteiger partial charge in [-0.1, -0.05) is 41.9 Å². The molecule has 0 aliphatic carbocycles. The van der Waals surface area contributed by atoms with Crippen molar-refractivity contribution in [2.45, 2.75) is 50.5 Å². The van der Waals surface area contributed by atoms with E-state index >= 15 is 0 Å². The van der Waals surface area contributed by atoms with Gasteiger partial charge in [-0.25, -0.2) is 0 Å². The van der Waals surface area contributed by atoms with Gasteiger partial charge in [-0.2, -0.15) is 4.98 Å². The summed E-state index contributed by atoms with van der Waals surface area (Å²) in [6.07, 6.45) is 2.58. The van der Waals surface area contributed by atoms with Gasteiger partial charge in [0.1, 0.15) is 5.60 Å². The fourth-order valence-electron chi connectivity index (χ4n) is 1.67. The molecule has 0 aromatic carbocycles. The maximum absolute atomic E-state index is 5.55. The van der Waals surface area contributed by atoms with Gasteiger partial charge in [0, 0.05) is 7.11 Å². The number of hydrogen-bond acceptors (Lipinski definition) is 4. The van der Waals surface area contributed by atoms with Gasteiger partial charge in [0.25, 0.3) is 0 Å². The zero-order valence-electron chi connectivity index (χ0n) is 10.3. The van der Waals surface area contributed by atoms with Crippen LogP contribution in [0.3, 0.4) is 0 Å². The van der Waals surface area contributed by atoms with Crippen LogP contribution in [0.1, 0.15) is 56.6 Å². The fraction of sp³-hybridized carbons (Fsp3) is 0.818. The third-order valence-electron chi connectivity index (χ3n) is 3.01. The van der Waals surface area contributed by atoms with E-state index in [1.165, 1.54) is 0 Å². The van der Waals surface area contributed by atoms with Crippen LogP contribution in [-0.4, -0.2) is 17.3 Å². The number of methoxy groups -OCH3 is 1. The molecule has 5 heteroatoms. The van der Waals surface area contributed by atoms with Crippen LogP contribution in [0.15, 0.2) is 4.52 Å². The van der Waals surface area contributed by atoms with Crippen LogP contribution < -0.4 is 0 Å². The van der Waals surface area contributed by atoms with Crippen LogP contribution in [0.5, 0.6) is 0 Å². The summed E-state index contributed by atoms with van der Waals surface area (Å²) in [5.74, 6) is 1.27. The maximum Gasteiger partial charge on any atom is 0.240 e. The first-order valence-electron chi connectivity index (χ1n) is 5.66. The lowest BCUT2D eigenvalue weighted by molar-refractivity contribution is -0.0306. The smallest absolute Gasteiger partial charge is 0.240 e. The van der Waals surface area contributed by atoms with Crippen LogP contribution >= 0.6 is 15.9 Å². The average Bonchev–Trinajstić information content (AvgIpc) is 2.81. The second-order valence-corrected chi connectivity index (χ2v) is 4.84. The van der Waals surface area contributed by atoms with Crippen LogP contribution in [0.4, 0.5) is 0 Å². The minimum Gasteiger partial charge on any atom is -0.370 e. The molecule has 1 unspecified atom stereocenters. The SMILES string of the molecule is CCC(Br)c1nc(C(CC)(CC)OC)no1. The van der Waals surface area contributed by atoms with Gasteiger partial charge in [-0.3, -0.25) is 0 Å². The van der Waals surface area contributed by atoms with E-state index in [-0.39, 0.29) is 4.83 Å². The van der Waals surface area contributed by atoms with E-state index in [2.05, 4.69) is 46.8 Å². The zero-order valence-corrected chi connectivity index (χ0v) is 11.9. The van der Waals surface area contributed by atoms with E-state index < -0.39 is 5.60 Å². The Kier molecular flexibility index (Phi) is 4.92. The van der Waals surface area contributed by atoms with Gasteiger partial charge >= 0.3 is 0 Å². The van der Waals surface area contributed by atoms with Crippen molar-refractivity contribution in [2.24, 2.45) is 0 Å². The molecule has 0 amide bonds. The molecule has 0 radical (unpaired) electrons. The Bertz CT molecular complexity index is 315. The van der Waals surface area contributed by atoms with Crippen LogP contribution in [0.25, 0.3) is 0 Å². The molecular formula is C11H19BrN2O2. The standard InChI is InChI=1S/C11H19BrN2O2/c1-5-8(12)9-13-10(14-16-9)11(6-2,7-3)15-4/h8H,5-7H2,1-4H3. The van der Waals surface area contributed by atoms with Crippen molar-refractivity contribution < 1.29 is 9.26 Å². The maximum atomic E-state index is 5.55. The lowest BCUT2D eigenvalue weighted by atomic mass is 9.96. The van der Waals surface area contributed by atoms with E-state index in [9.17, 15) is 0 Å². The van der Waals surface area contributed by atoms with E-state index in [1.54, 1.807) is 7.11 Å². The van der Waals surface area contributed by atoms with Crippen LogP contribution in [0.2, 0.25) is 0 Å². The molecule has 1 aromatic rings. The topological polar surface area (TPSA) is 48.2 Å². The van der Waals surface area contributed by atoms with E-state index in [1.807, 2.05) is 0 Å². The summed E-state index contributed by atoms with van der Waals surface area (Å²) >= 11 is 3.49. The van der Waals surface area contributed by atoms with Gasteiger partial charge in [-0.15, -0.1) is 0 Å². The molecule has 0 aliphatic rings.